The summed E-state index contributed by atoms with van der Waals surface area (Å²) in [6.45, 7) is 0.209. The molecule has 110 valence electrons. The number of hydrogen-bond donors (Lipinski definition) is 2. The Hall–Kier alpha value is -1.94. The van der Waals surface area contributed by atoms with Crippen LogP contribution in [0.4, 0.5) is 10.5 Å². The second kappa shape index (κ2) is 7.18. The summed E-state index contributed by atoms with van der Waals surface area (Å²) in [5.74, 6) is 0. The fourth-order valence-electron chi connectivity index (χ4n) is 1.73. The summed E-state index contributed by atoms with van der Waals surface area (Å²) in [6, 6.07) is 15.9. The monoisotopic (exact) mass is 305 g/mol. The number of ether oxygens (including phenoxy) is 1. The first kappa shape index (κ1) is 15.4. The summed E-state index contributed by atoms with van der Waals surface area (Å²) in [6.07, 6.45) is -0.470. The zero-order valence-electron chi connectivity index (χ0n) is 11.5. The van der Waals surface area contributed by atoms with Crippen molar-refractivity contribution in [2.45, 2.75) is 6.61 Å². The molecule has 0 aliphatic heterocycles. The van der Waals surface area contributed by atoms with Crippen LogP contribution in [0.3, 0.4) is 0 Å². The van der Waals surface area contributed by atoms with E-state index >= 15 is 0 Å². The minimum absolute atomic E-state index is 0.209. The molecule has 2 aromatic carbocycles. The number of rotatable bonds is 4. The molecule has 0 atom stereocenters. The molecule has 0 bridgehead atoms. The molecule has 0 aliphatic carbocycles. The molecule has 0 radical (unpaired) electrons. The molecule has 2 aromatic rings. The number of carbonyl (C=O) groups is 1. The lowest BCUT2D eigenvalue weighted by atomic mass is 10.2. The third-order valence-electron chi connectivity index (χ3n) is 2.95. The quantitative estimate of drug-likeness (QED) is 0.851. The van der Waals surface area contributed by atoms with Crippen LogP contribution in [-0.2, 0) is 11.3 Å². The Kier molecular flexibility index (Phi) is 5.28. The second-order valence-electron chi connectivity index (χ2n) is 4.41. The van der Waals surface area contributed by atoms with Gasteiger partial charge in [0.1, 0.15) is 6.61 Å². The molecule has 0 aliphatic rings. The average Bonchev–Trinajstić information content (AvgIpc) is 2.53. The van der Waals surface area contributed by atoms with E-state index in [1.165, 1.54) is 4.90 Å². The van der Waals surface area contributed by atoms with E-state index in [2.05, 4.69) is 0 Å². The van der Waals surface area contributed by atoms with Crippen LogP contribution in [0.1, 0.15) is 5.56 Å². The molecule has 2 rings (SSSR count). The van der Waals surface area contributed by atoms with Crippen molar-refractivity contribution in [3.05, 3.63) is 60.2 Å². The highest BCUT2D eigenvalue weighted by Crippen LogP contribution is 2.23. The van der Waals surface area contributed by atoms with Gasteiger partial charge < -0.3 is 14.5 Å². The van der Waals surface area contributed by atoms with Crippen LogP contribution in [-0.4, -0.2) is 22.9 Å². The topological polar surface area (TPSA) is 70.0 Å². The molecule has 2 N–H and O–H groups in total. The largest absolute Gasteiger partial charge is 0.444 e. The van der Waals surface area contributed by atoms with Crippen LogP contribution >= 0.6 is 8.38 Å². The number of hydrogen-bond acceptors (Lipinski definition) is 4. The maximum atomic E-state index is 11.9. The van der Waals surface area contributed by atoms with Crippen LogP contribution < -0.4 is 10.2 Å². The van der Waals surface area contributed by atoms with E-state index in [4.69, 9.17) is 14.5 Å². The molecule has 0 fully saturated rings. The fourth-order valence-corrected chi connectivity index (χ4v) is 2.15. The maximum absolute atomic E-state index is 11.9. The van der Waals surface area contributed by atoms with E-state index in [1.807, 2.05) is 30.3 Å². The minimum Gasteiger partial charge on any atom is -0.444 e. The summed E-state index contributed by atoms with van der Waals surface area (Å²) >= 11 is 0. The molecular formula is C15H16NO4P. The summed E-state index contributed by atoms with van der Waals surface area (Å²) in [7, 11) is -0.514. The molecule has 21 heavy (non-hydrogen) atoms. The van der Waals surface area contributed by atoms with Crippen molar-refractivity contribution in [3.63, 3.8) is 0 Å². The SMILES string of the molecule is CN(C(=O)OCc1ccccc1)c1ccc(P(O)O)cc1. The van der Waals surface area contributed by atoms with Crippen LogP contribution in [0, 0.1) is 0 Å². The van der Waals surface area contributed by atoms with Gasteiger partial charge in [-0.1, -0.05) is 30.3 Å². The molecule has 1 amide bonds. The lowest BCUT2D eigenvalue weighted by Crippen LogP contribution is -2.27. The number of anilines is 1. The molecule has 0 heterocycles. The Balaban J connectivity index is 1.95. The van der Waals surface area contributed by atoms with Gasteiger partial charge in [-0.2, -0.15) is 0 Å². The van der Waals surface area contributed by atoms with E-state index in [0.29, 0.717) is 11.0 Å². The predicted molar refractivity (Wildman–Crippen MR) is 82.5 cm³/mol. The van der Waals surface area contributed by atoms with Gasteiger partial charge in [-0.15, -0.1) is 0 Å². The maximum Gasteiger partial charge on any atom is 0.414 e. The van der Waals surface area contributed by atoms with E-state index < -0.39 is 14.5 Å². The van der Waals surface area contributed by atoms with Crippen LogP contribution in [0.25, 0.3) is 0 Å². The van der Waals surface area contributed by atoms with Crippen LogP contribution in [0.2, 0.25) is 0 Å². The van der Waals surface area contributed by atoms with Gasteiger partial charge in [-0.3, -0.25) is 4.90 Å². The summed E-state index contributed by atoms with van der Waals surface area (Å²) in [4.78, 5) is 31.5. The van der Waals surface area contributed by atoms with E-state index in [0.717, 1.165) is 5.56 Å². The van der Waals surface area contributed by atoms with E-state index in [9.17, 15) is 4.79 Å². The molecule has 0 aromatic heterocycles. The molecule has 0 saturated carbocycles. The highest BCUT2D eigenvalue weighted by molar-refractivity contribution is 7.54. The first-order chi connectivity index (χ1) is 10.1. The van der Waals surface area contributed by atoms with Crippen molar-refractivity contribution < 1.29 is 19.3 Å². The molecule has 0 saturated heterocycles. The van der Waals surface area contributed by atoms with Gasteiger partial charge in [-0.05, 0) is 29.8 Å². The highest BCUT2D eigenvalue weighted by atomic mass is 31.2. The third kappa shape index (κ3) is 4.26. The number of amides is 1. The van der Waals surface area contributed by atoms with Gasteiger partial charge in [0.05, 0.1) is 0 Å². The van der Waals surface area contributed by atoms with Crippen molar-refractivity contribution >= 4 is 25.5 Å². The zero-order valence-corrected chi connectivity index (χ0v) is 12.4. The van der Waals surface area contributed by atoms with E-state index in [-0.39, 0.29) is 6.61 Å². The lowest BCUT2D eigenvalue weighted by molar-refractivity contribution is 0.148. The first-order valence-electron chi connectivity index (χ1n) is 6.30. The van der Waals surface area contributed by atoms with Gasteiger partial charge in [0.15, 0.2) is 8.38 Å². The van der Waals surface area contributed by atoms with E-state index in [1.54, 1.807) is 31.3 Å². The van der Waals surface area contributed by atoms with Crippen molar-refractivity contribution in [3.8, 4) is 0 Å². The smallest absolute Gasteiger partial charge is 0.414 e. The number of nitrogens with zero attached hydrogens (tertiary/aromatic N) is 1. The molecule has 5 nitrogen and oxygen atoms in total. The fraction of sp³-hybridized carbons (Fsp3) is 0.133. The normalized spacial score (nSPS) is 10.5. The van der Waals surface area contributed by atoms with Gasteiger partial charge in [0.25, 0.3) is 0 Å². The Morgan fingerprint density at radius 2 is 1.71 bits per heavy atom. The van der Waals surface area contributed by atoms with Crippen molar-refractivity contribution in [2.24, 2.45) is 0 Å². The number of benzene rings is 2. The van der Waals surface area contributed by atoms with Gasteiger partial charge >= 0.3 is 6.09 Å². The molecule has 0 spiro atoms. The van der Waals surface area contributed by atoms with Gasteiger partial charge in [0.2, 0.25) is 0 Å². The number of carbonyl (C=O) groups excluding carboxylic acids is 1. The Morgan fingerprint density at radius 1 is 1.10 bits per heavy atom. The second-order valence-corrected chi connectivity index (χ2v) is 5.50. The van der Waals surface area contributed by atoms with Crippen LogP contribution in [0.15, 0.2) is 54.6 Å². The average molecular weight is 305 g/mol. The zero-order chi connectivity index (χ0) is 15.2. The van der Waals surface area contributed by atoms with Gasteiger partial charge in [-0.25, -0.2) is 4.79 Å². The summed E-state index contributed by atoms with van der Waals surface area (Å²) in [5.41, 5.74) is 1.54. The molecule has 6 heteroatoms. The Bertz CT molecular complexity index is 586. The first-order valence-corrected chi connectivity index (χ1v) is 7.55. The van der Waals surface area contributed by atoms with Crippen molar-refractivity contribution in [1.82, 2.24) is 0 Å². The van der Waals surface area contributed by atoms with Crippen molar-refractivity contribution in [1.29, 1.82) is 0 Å². The van der Waals surface area contributed by atoms with Crippen molar-refractivity contribution in [2.75, 3.05) is 11.9 Å². The third-order valence-corrected chi connectivity index (χ3v) is 3.71. The molecular weight excluding hydrogens is 289 g/mol. The highest BCUT2D eigenvalue weighted by Gasteiger charge is 2.13. The Morgan fingerprint density at radius 3 is 2.29 bits per heavy atom. The van der Waals surface area contributed by atoms with Crippen LogP contribution in [0.5, 0.6) is 0 Å². The summed E-state index contributed by atoms with van der Waals surface area (Å²) in [5, 5.41) is 0.430. The lowest BCUT2D eigenvalue weighted by Gasteiger charge is -2.17. The Labute approximate surface area is 124 Å². The summed E-state index contributed by atoms with van der Waals surface area (Å²) < 4.78 is 5.21. The minimum atomic E-state index is -2.11. The predicted octanol–water partition coefficient (Wildman–Crippen LogP) is 2.38. The molecule has 0 unspecified atom stereocenters. The standard InChI is InChI=1S/C15H16NO4P/c1-16(13-7-9-14(10-8-13)21(18)19)15(17)20-11-12-5-3-2-4-6-12/h2-10,18-19H,11H2,1H3. The van der Waals surface area contributed by atoms with Gasteiger partial charge in [0, 0.05) is 18.0 Å².